The highest BCUT2D eigenvalue weighted by molar-refractivity contribution is 5.74. The van der Waals surface area contributed by atoms with E-state index in [0.717, 1.165) is 30.5 Å². The van der Waals surface area contributed by atoms with Crippen molar-refractivity contribution < 1.29 is 49.0 Å². The lowest BCUT2D eigenvalue weighted by Crippen LogP contribution is -2.23. The number of aryl methyl sites for hydroxylation is 1. The van der Waals surface area contributed by atoms with Gasteiger partial charge in [0.05, 0.1) is 11.8 Å². The molecule has 0 N–H and O–H groups in total. The molecule has 0 radical (unpaired) electrons. The van der Waals surface area contributed by atoms with E-state index in [9.17, 15) is 30.7 Å². The summed E-state index contributed by atoms with van der Waals surface area (Å²) in [6.07, 6.45) is -4.99. The Balaban J connectivity index is 1.34. The first kappa shape index (κ1) is 34.2. The predicted octanol–water partition coefficient (Wildman–Crippen LogP) is 11.6. The fourth-order valence-corrected chi connectivity index (χ4v) is 4.99. The number of hydrogen-bond donors (Lipinski definition) is 0. The minimum absolute atomic E-state index is 0.113. The van der Waals surface area contributed by atoms with Crippen LogP contribution in [0.2, 0.25) is 0 Å². The van der Waals surface area contributed by atoms with Crippen LogP contribution in [0.5, 0.6) is 11.5 Å². The van der Waals surface area contributed by atoms with Crippen LogP contribution in [0.4, 0.5) is 39.5 Å². The Morgan fingerprint density at radius 3 is 1.69 bits per heavy atom. The molecule has 0 aromatic heterocycles. The molecule has 0 saturated carbocycles. The Bertz CT molecular complexity index is 1930. The third-order valence-corrected chi connectivity index (χ3v) is 7.30. The molecule has 0 bridgehead atoms. The number of halogens is 9. The van der Waals surface area contributed by atoms with E-state index in [-0.39, 0.29) is 28.3 Å². The summed E-state index contributed by atoms with van der Waals surface area (Å²) < 4.78 is 137. The van der Waals surface area contributed by atoms with Gasteiger partial charge in [-0.3, -0.25) is 0 Å². The second-order valence-electron chi connectivity index (χ2n) is 10.6. The highest BCUT2D eigenvalue weighted by Gasteiger charge is 2.38. The monoisotopic (exact) mass is 672 g/mol. The van der Waals surface area contributed by atoms with Crippen molar-refractivity contribution in [3.05, 3.63) is 144 Å². The molecule has 0 aliphatic heterocycles. The standard InChI is InChI=1S/C37H25F9O2/c1-2-3-21-4-6-22(7-5-21)23-8-11-27(30(38)16-23)24-9-12-28(31(39)17-24)25-10-13-29(32(40)18-25)37(45,46)48-26-19-33(41)36(34(42)20-26)47-15-14-35(43)44/h4-20,35H,2-3H2,1H3. The Kier molecular flexibility index (Phi) is 10.2. The van der Waals surface area contributed by atoms with Gasteiger partial charge in [-0.05, 0) is 58.5 Å². The third kappa shape index (κ3) is 7.67. The summed E-state index contributed by atoms with van der Waals surface area (Å²) in [5, 5.41) is 0. The van der Waals surface area contributed by atoms with Gasteiger partial charge in [-0.15, -0.1) is 0 Å². The van der Waals surface area contributed by atoms with Crippen LogP contribution in [-0.2, 0) is 12.5 Å². The number of alkyl halides is 4. The van der Waals surface area contributed by atoms with Gasteiger partial charge in [0, 0.05) is 29.3 Å². The molecule has 0 fully saturated rings. The molecule has 5 aromatic carbocycles. The van der Waals surface area contributed by atoms with E-state index >= 15 is 8.78 Å². The topological polar surface area (TPSA) is 18.5 Å². The Morgan fingerprint density at radius 2 is 1.15 bits per heavy atom. The van der Waals surface area contributed by atoms with Crippen LogP contribution in [0.15, 0.2) is 103 Å². The quantitative estimate of drug-likeness (QED) is 0.103. The van der Waals surface area contributed by atoms with Crippen LogP contribution < -0.4 is 9.47 Å². The molecule has 0 heterocycles. The molecular weight excluding hydrogens is 647 g/mol. The molecule has 0 atom stereocenters. The van der Waals surface area contributed by atoms with Gasteiger partial charge >= 0.3 is 6.11 Å². The zero-order chi connectivity index (χ0) is 34.6. The van der Waals surface area contributed by atoms with Gasteiger partial charge in [0.25, 0.3) is 6.43 Å². The lowest BCUT2D eigenvalue weighted by Gasteiger charge is -2.20. The summed E-state index contributed by atoms with van der Waals surface area (Å²) in [5.41, 5.74) is 1.29. The smallest absolute Gasteiger partial charge is 0.429 e. The van der Waals surface area contributed by atoms with Crippen molar-refractivity contribution in [1.29, 1.82) is 0 Å². The van der Waals surface area contributed by atoms with Crippen molar-refractivity contribution in [2.75, 3.05) is 0 Å². The van der Waals surface area contributed by atoms with Gasteiger partial charge in [-0.1, -0.05) is 67.9 Å². The first-order valence-corrected chi connectivity index (χ1v) is 14.5. The van der Waals surface area contributed by atoms with Crippen LogP contribution in [0.3, 0.4) is 0 Å². The number of hydrogen-bond acceptors (Lipinski definition) is 2. The molecule has 5 rings (SSSR count). The fourth-order valence-electron chi connectivity index (χ4n) is 4.99. The summed E-state index contributed by atoms with van der Waals surface area (Å²) >= 11 is 0. The molecule has 2 nitrogen and oxygen atoms in total. The lowest BCUT2D eigenvalue weighted by molar-refractivity contribution is -0.187. The first-order chi connectivity index (χ1) is 22.9. The molecule has 0 saturated heterocycles. The van der Waals surface area contributed by atoms with Crippen LogP contribution in [-0.4, -0.2) is 6.43 Å². The average molecular weight is 673 g/mol. The molecule has 248 valence electrons. The molecule has 5 aromatic rings. The SMILES string of the molecule is CCCc1ccc(-c2ccc(-c3ccc(-c4ccc(C(F)(F)Oc5cc(F)c(OC=CC(F)F)c(F)c5)c(F)c4)c(F)c3)c(F)c2)cc1. The van der Waals surface area contributed by atoms with Crippen molar-refractivity contribution in [2.24, 2.45) is 0 Å². The molecule has 0 spiro atoms. The van der Waals surface area contributed by atoms with Crippen molar-refractivity contribution >= 4 is 0 Å². The van der Waals surface area contributed by atoms with Crippen molar-refractivity contribution in [3.63, 3.8) is 0 Å². The fraction of sp³-hybridized carbons (Fsp3) is 0.135. The number of rotatable bonds is 11. The minimum Gasteiger partial charge on any atom is -0.459 e. The molecule has 0 aliphatic rings. The summed E-state index contributed by atoms with van der Waals surface area (Å²) in [4.78, 5) is 0. The minimum atomic E-state index is -4.46. The van der Waals surface area contributed by atoms with Crippen LogP contribution >= 0.6 is 0 Å². The molecule has 0 aliphatic carbocycles. The van der Waals surface area contributed by atoms with E-state index in [1.165, 1.54) is 29.8 Å². The lowest BCUT2D eigenvalue weighted by atomic mass is 9.96. The van der Waals surface area contributed by atoms with E-state index in [1.54, 1.807) is 6.07 Å². The molecule has 48 heavy (non-hydrogen) atoms. The summed E-state index contributed by atoms with van der Waals surface area (Å²) in [6.45, 7) is 2.08. The van der Waals surface area contributed by atoms with Crippen molar-refractivity contribution in [2.45, 2.75) is 32.3 Å². The van der Waals surface area contributed by atoms with Gasteiger partial charge < -0.3 is 9.47 Å². The van der Waals surface area contributed by atoms with Gasteiger partial charge in [0.15, 0.2) is 17.4 Å². The largest absolute Gasteiger partial charge is 0.459 e. The van der Waals surface area contributed by atoms with E-state index in [0.29, 0.717) is 36.1 Å². The van der Waals surface area contributed by atoms with Gasteiger partial charge in [0.1, 0.15) is 23.2 Å². The zero-order valence-corrected chi connectivity index (χ0v) is 25.0. The molecule has 0 amide bonds. The van der Waals surface area contributed by atoms with E-state index in [4.69, 9.17) is 0 Å². The number of ether oxygens (including phenoxy) is 2. The van der Waals surface area contributed by atoms with Gasteiger partial charge in [-0.25, -0.2) is 30.7 Å². The second-order valence-corrected chi connectivity index (χ2v) is 10.6. The number of benzene rings is 5. The van der Waals surface area contributed by atoms with Crippen molar-refractivity contribution in [1.82, 2.24) is 0 Å². The maximum atomic E-state index is 15.2. The third-order valence-electron chi connectivity index (χ3n) is 7.30. The first-order valence-electron chi connectivity index (χ1n) is 14.5. The van der Waals surface area contributed by atoms with Gasteiger partial charge in [-0.2, -0.15) is 8.78 Å². The van der Waals surface area contributed by atoms with Crippen LogP contribution in [0, 0.1) is 29.1 Å². The Labute approximate surface area is 269 Å². The normalized spacial score (nSPS) is 11.8. The van der Waals surface area contributed by atoms with E-state index in [2.05, 4.69) is 16.4 Å². The zero-order valence-electron chi connectivity index (χ0n) is 25.0. The highest BCUT2D eigenvalue weighted by Crippen LogP contribution is 2.38. The maximum Gasteiger partial charge on any atom is 0.429 e. The summed E-state index contributed by atoms with van der Waals surface area (Å²) in [7, 11) is 0. The predicted molar refractivity (Wildman–Crippen MR) is 163 cm³/mol. The summed E-state index contributed by atoms with van der Waals surface area (Å²) in [5.74, 6) is -8.32. The van der Waals surface area contributed by atoms with Crippen LogP contribution in [0.1, 0.15) is 24.5 Å². The number of allylic oxidation sites excluding steroid dienone is 1. The van der Waals surface area contributed by atoms with E-state index < -0.39 is 58.7 Å². The highest BCUT2D eigenvalue weighted by atomic mass is 19.3. The Morgan fingerprint density at radius 1 is 0.625 bits per heavy atom. The van der Waals surface area contributed by atoms with Crippen LogP contribution in [0.25, 0.3) is 33.4 Å². The maximum absolute atomic E-state index is 15.2. The molecule has 0 unspecified atom stereocenters. The molecular formula is C37H25F9O2. The average Bonchev–Trinajstić information content (AvgIpc) is 3.02. The Hall–Kier alpha value is -5.19. The van der Waals surface area contributed by atoms with E-state index in [1.807, 2.05) is 24.3 Å². The van der Waals surface area contributed by atoms with Gasteiger partial charge in [0.2, 0.25) is 0 Å². The molecule has 11 heteroatoms. The summed E-state index contributed by atoms with van der Waals surface area (Å²) in [6, 6.07) is 18.8. The second kappa shape index (κ2) is 14.3. The van der Waals surface area contributed by atoms with Crippen molar-refractivity contribution in [3.8, 4) is 44.9 Å².